The van der Waals surface area contributed by atoms with Gasteiger partial charge in [-0.05, 0) is 29.8 Å². The molecule has 1 atom stereocenters. The number of hydrogen-bond donors (Lipinski definition) is 2. The summed E-state index contributed by atoms with van der Waals surface area (Å²) in [5.74, 6) is 1.05. The zero-order valence-electron chi connectivity index (χ0n) is 15.3. The largest absolute Gasteiger partial charge is 0.497 e. The molecule has 1 aromatic heterocycles. The lowest BCUT2D eigenvalue weighted by Crippen LogP contribution is -2.28. The van der Waals surface area contributed by atoms with Gasteiger partial charge < -0.3 is 10.1 Å². The Bertz CT molecular complexity index is 998. The molecule has 0 fully saturated rings. The lowest BCUT2D eigenvalue weighted by molar-refractivity contribution is -0.126. The van der Waals surface area contributed by atoms with Gasteiger partial charge in [0.15, 0.2) is 5.82 Å². The summed E-state index contributed by atoms with van der Waals surface area (Å²) in [6.07, 6.45) is -0.00290. The second-order valence-electron chi connectivity index (χ2n) is 6.40. The number of benzene rings is 2. The van der Waals surface area contributed by atoms with E-state index in [4.69, 9.17) is 4.74 Å². The van der Waals surface area contributed by atoms with Crippen LogP contribution in [0.5, 0.6) is 5.75 Å². The number of ether oxygens (including phenoxy) is 1. The van der Waals surface area contributed by atoms with Gasteiger partial charge in [-0.3, -0.25) is 14.9 Å². The molecule has 3 aromatic rings. The number of fused-ring (bicyclic) bond motifs is 1. The zero-order valence-corrected chi connectivity index (χ0v) is 15.3. The maximum absolute atomic E-state index is 12.3. The molecule has 0 saturated carbocycles. The molecule has 0 saturated heterocycles. The predicted octanol–water partition coefficient (Wildman–Crippen LogP) is 2.15. The first kappa shape index (κ1) is 17.7. The van der Waals surface area contributed by atoms with Crippen molar-refractivity contribution in [2.45, 2.75) is 19.0 Å². The molecule has 28 heavy (non-hydrogen) atoms. The molecule has 0 spiro atoms. The van der Waals surface area contributed by atoms with Crippen LogP contribution in [0.4, 0.5) is 5.95 Å². The van der Waals surface area contributed by atoms with E-state index in [1.807, 2.05) is 54.6 Å². The molecule has 8 nitrogen and oxygen atoms in total. The standard InChI is InChI=1S/C20H19N5O3/c1-28-15-9-7-14(8-10-15)18-22-20-23-19(27)16(25(20)24-18)11-17(26)21-12-13-5-3-2-4-6-13/h2-10,16H,11-12H2,1H3,(H,21,26)(H,22,23,24,27)/t16-/m1/s1. The lowest BCUT2D eigenvalue weighted by atomic mass is 10.2. The molecule has 0 aliphatic carbocycles. The third kappa shape index (κ3) is 3.57. The molecule has 2 heterocycles. The molecule has 4 rings (SSSR count). The number of rotatable bonds is 6. The highest BCUT2D eigenvalue weighted by Crippen LogP contribution is 2.28. The number of aromatic nitrogens is 3. The molecule has 0 unspecified atom stereocenters. The monoisotopic (exact) mass is 377 g/mol. The second kappa shape index (κ2) is 7.51. The Balaban J connectivity index is 1.45. The van der Waals surface area contributed by atoms with E-state index in [0.717, 1.165) is 16.9 Å². The van der Waals surface area contributed by atoms with Crippen molar-refractivity contribution in [3.63, 3.8) is 0 Å². The fourth-order valence-corrected chi connectivity index (χ4v) is 3.02. The van der Waals surface area contributed by atoms with Crippen LogP contribution in [0.1, 0.15) is 18.0 Å². The number of methoxy groups -OCH3 is 1. The van der Waals surface area contributed by atoms with Crippen molar-refractivity contribution in [2.24, 2.45) is 0 Å². The van der Waals surface area contributed by atoms with Gasteiger partial charge in [-0.1, -0.05) is 30.3 Å². The van der Waals surface area contributed by atoms with Crippen molar-refractivity contribution >= 4 is 17.8 Å². The van der Waals surface area contributed by atoms with Gasteiger partial charge in [0.1, 0.15) is 11.8 Å². The van der Waals surface area contributed by atoms with Crippen LogP contribution in [0.15, 0.2) is 54.6 Å². The number of nitrogens with one attached hydrogen (secondary N) is 2. The van der Waals surface area contributed by atoms with Crippen LogP contribution >= 0.6 is 0 Å². The number of amides is 2. The van der Waals surface area contributed by atoms with E-state index in [2.05, 4.69) is 20.7 Å². The highest BCUT2D eigenvalue weighted by atomic mass is 16.5. The van der Waals surface area contributed by atoms with Crippen LogP contribution in [0, 0.1) is 0 Å². The van der Waals surface area contributed by atoms with Gasteiger partial charge >= 0.3 is 0 Å². The first-order valence-corrected chi connectivity index (χ1v) is 8.86. The van der Waals surface area contributed by atoms with E-state index in [1.165, 1.54) is 4.68 Å². The minimum atomic E-state index is -0.717. The Morgan fingerprint density at radius 2 is 1.93 bits per heavy atom. The zero-order chi connectivity index (χ0) is 19.5. The Morgan fingerprint density at radius 3 is 2.64 bits per heavy atom. The number of hydrogen-bond acceptors (Lipinski definition) is 5. The summed E-state index contributed by atoms with van der Waals surface area (Å²) in [6, 6.07) is 16.2. The summed E-state index contributed by atoms with van der Waals surface area (Å²) in [4.78, 5) is 28.9. The molecule has 0 bridgehead atoms. The Kier molecular flexibility index (Phi) is 4.76. The van der Waals surface area contributed by atoms with E-state index < -0.39 is 6.04 Å². The summed E-state index contributed by atoms with van der Waals surface area (Å²) < 4.78 is 6.62. The smallest absolute Gasteiger partial charge is 0.252 e. The molecule has 8 heteroatoms. The van der Waals surface area contributed by atoms with E-state index >= 15 is 0 Å². The number of anilines is 1. The third-order valence-corrected chi connectivity index (χ3v) is 4.52. The van der Waals surface area contributed by atoms with Gasteiger partial charge in [-0.2, -0.15) is 4.98 Å². The molecular weight excluding hydrogens is 358 g/mol. The molecule has 0 radical (unpaired) electrons. The summed E-state index contributed by atoms with van der Waals surface area (Å²) in [5.41, 5.74) is 1.79. The SMILES string of the molecule is COc1ccc(-c2nc3n(n2)[C@H](CC(=O)NCc2ccccc2)C(=O)N3)cc1. The van der Waals surface area contributed by atoms with Crippen molar-refractivity contribution in [3.05, 3.63) is 60.2 Å². The highest BCUT2D eigenvalue weighted by Gasteiger charge is 2.35. The Labute approximate surface area is 161 Å². The number of nitrogens with zero attached hydrogens (tertiary/aromatic N) is 3. The first-order valence-electron chi connectivity index (χ1n) is 8.86. The number of carbonyl (C=O) groups excluding carboxylic acids is 2. The molecule has 1 aliphatic heterocycles. The van der Waals surface area contributed by atoms with E-state index in [1.54, 1.807) is 7.11 Å². The van der Waals surface area contributed by atoms with Gasteiger partial charge in [0.2, 0.25) is 11.9 Å². The van der Waals surface area contributed by atoms with E-state index in [0.29, 0.717) is 18.3 Å². The fraction of sp³-hybridized carbons (Fsp3) is 0.200. The normalized spacial score (nSPS) is 15.0. The van der Waals surface area contributed by atoms with Crippen molar-refractivity contribution < 1.29 is 14.3 Å². The quantitative estimate of drug-likeness (QED) is 0.686. The molecule has 2 aromatic carbocycles. The second-order valence-corrected chi connectivity index (χ2v) is 6.40. The Hall–Kier alpha value is -3.68. The maximum atomic E-state index is 12.3. The van der Waals surface area contributed by atoms with Gasteiger partial charge in [-0.25, -0.2) is 4.68 Å². The van der Waals surface area contributed by atoms with Crippen molar-refractivity contribution in [1.29, 1.82) is 0 Å². The molecule has 1 aliphatic rings. The predicted molar refractivity (Wildman–Crippen MR) is 103 cm³/mol. The summed E-state index contributed by atoms with van der Waals surface area (Å²) in [7, 11) is 1.60. The lowest BCUT2D eigenvalue weighted by Gasteiger charge is -2.10. The Morgan fingerprint density at radius 1 is 1.18 bits per heavy atom. The van der Waals surface area contributed by atoms with Gasteiger partial charge in [0.05, 0.1) is 13.5 Å². The summed E-state index contributed by atoms with van der Waals surface area (Å²) in [5, 5.41) is 9.94. The molecular formula is C20H19N5O3. The van der Waals surface area contributed by atoms with Gasteiger partial charge in [-0.15, -0.1) is 5.10 Å². The van der Waals surface area contributed by atoms with E-state index in [9.17, 15) is 9.59 Å². The average Bonchev–Trinajstić information content (AvgIpc) is 3.26. The van der Waals surface area contributed by atoms with Crippen LogP contribution in [-0.2, 0) is 16.1 Å². The summed E-state index contributed by atoms with van der Waals surface area (Å²) in [6.45, 7) is 0.412. The molecule has 142 valence electrons. The number of carbonyl (C=O) groups is 2. The van der Waals surface area contributed by atoms with Gasteiger partial charge in [0.25, 0.3) is 5.91 Å². The maximum Gasteiger partial charge on any atom is 0.252 e. The van der Waals surface area contributed by atoms with Gasteiger partial charge in [0, 0.05) is 12.1 Å². The summed E-state index contributed by atoms with van der Waals surface area (Å²) >= 11 is 0. The van der Waals surface area contributed by atoms with Crippen LogP contribution in [0.3, 0.4) is 0 Å². The van der Waals surface area contributed by atoms with Crippen LogP contribution in [0.25, 0.3) is 11.4 Å². The third-order valence-electron chi connectivity index (χ3n) is 4.52. The van der Waals surface area contributed by atoms with Crippen molar-refractivity contribution in [2.75, 3.05) is 12.4 Å². The van der Waals surface area contributed by atoms with Crippen LogP contribution < -0.4 is 15.4 Å². The highest BCUT2D eigenvalue weighted by molar-refractivity contribution is 5.98. The van der Waals surface area contributed by atoms with Crippen molar-refractivity contribution in [3.8, 4) is 17.1 Å². The minimum Gasteiger partial charge on any atom is -0.497 e. The average molecular weight is 377 g/mol. The van der Waals surface area contributed by atoms with Crippen LogP contribution in [0.2, 0.25) is 0 Å². The molecule has 2 N–H and O–H groups in total. The van der Waals surface area contributed by atoms with Crippen molar-refractivity contribution in [1.82, 2.24) is 20.1 Å². The first-order chi connectivity index (χ1) is 13.6. The minimum absolute atomic E-state index is 0.00290. The van der Waals surface area contributed by atoms with Crippen LogP contribution in [-0.4, -0.2) is 33.7 Å². The fourth-order valence-electron chi connectivity index (χ4n) is 3.02. The molecule has 2 amide bonds. The van der Waals surface area contributed by atoms with E-state index in [-0.39, 0.29) is 18.2 Å². The topological polar surface area (TPSA) is 98.1 Å².